The Morgan fingerprint density at radius 3 is 2.81 bits per heavy atom. The molecule has 2 aromatic rings. The van der Waals surface area contributed by atoms with Crippen molar-refractivity contribution in [3.8, 4) is 0 Å². The molecule has 3 rings (SSSR count). The largest absolute Gasteiger partial charge is 0.354 e. The van der Waals surface area contributed by atoms with Crippen molar-refractivity contribution >= 4 is 22.9 Å². The van der Waals surface area contributed by atoms with Gasteiger partial charge in [-0.2, -0.15) is 9.97 Å². The number of H-pyrrole nitrogens is 1. The zero-order valence-corrected chi connectivity index (χ0v) is 12.9. The molecule has 114 valence electrons. The minimum Gasteiger partial charge on any atom is -0.354 e. The molecule has 0 saturated heterocycles. The smallest absolute Gasteiger partial charge is 0.226 e. The number of aromatic nitrogens is 4. The van der Waals surface area contributed by atoms with E-state index in [2.05, 4.69) is 39.0 Å². The standard InChI is InChI=1S/C15H24N6/c1-3-9-16-15-19-13-12(17-10-18-13)14(20-15)21(4-2)11-7-5-6-8-11/h10-11H,3-9H2,1-2H3,(H2,16,17,18,19,20). The molecule has 21 heavy (non-hydrogen) atoms. The van der Waals surface area contributed by atoms with Crippen LogP contribution in [0.15, 0.2) is 6.33 Å². The molecule has 6 nitrogen and oxygen atoms in total. The molecule has 2 N–H and O–H groups in total. The molecule has 0 bridgehead atoms. The average Bonchev–Trinajstić information content (AvgIpc) is 3.16. The van der Waals surface area contributed by atoms with Gasteiger partial charge >= 0.3 is 0 Å². The van der Waals surface area contributed by atoms with Crippen LogP contribution in [0.3, 0.4) is 0 Å². The van der Waals surface area contributed by atoms with Crippen LogP contribution in [0.25, 0.3) is 11.2 Å². The van der Waals surface area contributed by atoms with E-state index >= 15 is 0 Å². The van der Waals surface area contributed by atoms with E-state index in [4.69, 9.17) is 4.98 Å². The number of hydrogen-bond donors (Lipinski definition) is 2. The van der Waals surface area contributed by atoms with Crippen molar-refractivity contribution in [2.45, 2.75) is 52.0 Å². The normalized spacial score (nSPS) is 15.7. The Morgan fingerprint density at radius 2 is 2.10 bits per heavy atom. The Balaban J connectivity index is 1.99. The highest BCUT2D eigenvalue weighted by Crippen LogP contribution is 2.30. The molecule has 0 radical (unpaired) electrons. The molecule has 0 aromatic carbocycles. The molecule has 0 aliphatic heterocycles. The monoisotopic (exact) mass is 288 g/mol. The maximum absolute atomic E-state index is 4.76. The SMILES string of the molecule is CCCNc1nc(N(CC)C2CCCC2)c2[nH]cnc2n1. The zero-order chi connectivity index (χ0) is 14.7. The van der Waals surface area contributed by atoms with Crippen LogP contribution < -0.4 is 10.2 Å². The van der Waals surface area contributed by atoms with Gasteiger partial charge in [0.15, 0.2) is 11.5 Å². The number of imidazole rings is 1. The van der Waals surface area contributed by atoms with Crippen LogP contribution in [0.1, 0.15) is 46.0 Å². The molecule has 1 fully saturated rings. The molecule has 1 aliphatic carbocycles. The van der Waals surface area contributed by atoms with Crippen molar-refractivity contribution in [2.75, 3.05) is 23.3 Å². The third-order valence-electron chi connectivity index (χ3n) is 4.18. The Labute approximate surface area is 125 Å². The number of anilines is 2. The Hall–Kier alpha value is -1.85. The third kappa shape index (κ3) is 2.80. The van der Waals surface area contributed by atoms with E-state index in [9.17, 15) is 0 Å². The van der Waals surface area contributed by atoms with Gasteiger partial charge in [0.1, 0.15) is 5.52 Å². The lowest BCUT2D eigenvalue weighted by atomic mass is 10.2. The molecular weight excluding hydrogens is 264 g/mol. The van der Waals surface area contributed by atoms with Crippen LogP contribution in [0, 0.1) is 0 Å². The minimum absolute atomic E-state index is 0.593. The lowest BCUT2D eigenvalue weighted by Crippen LogP contribution is -2.34. The van der Waals surface area contributed by atoms with Crippen molar-refractivity contribution in [3.63, 3.8) is 0 Å². The quantitative estimate of drug-likeness (QED) is 0.855. The minimum atomic E-state index is 0.593. The lowest BCUT2D eigenvalue weighted by Gasteiger charge is -2.29. The number of hydrogen-bond acceptors (Lipinski definition) is 5. The zero-order valence-electron chi connectivity index (χ0n) is 12.9. The second-order valence-corrected chi connectivity index (χ2v) is 5.62. The molecule has 0 atom stereocenters. The Kier molecular flexibility index (Phi) is 4.22. The predicted octanol–water partition coefficient (Wildman–Crippen LogP) is 2.94. The summed E-state index contributed by atoms with van der Waals surface area (Å²) in [7, 11) is 0. The van der Waals surface area contributed by atoms with Crippen molar-refractivity contribution in [2.24, 2.45) is 0 Å². The topological polar surface area (TPSA) is 69.7 Å². The summed E-state index contributed by atoms with van der Waals surface area (Å²) in [5.74, 6) is 1.67. The average molecular weight is 288 g/mol. The van der Waals surface area contributed by atoms with E-state index in [-0.39, 0.29) is 0 Å². The van der Waals surface area contributed by atoms with Crippen molar-refractivity contribution in [3.05, 3.63) is 6.33 Å². The van der Waals surface area contributed by atoms with Gasteiger partial charge in [0.2, 0.25) is 5.95 Å². The number of fused-ring (bicyclic) bond motifs is 1. The maximum Gasteiger partial charge on any atom is 0.226 e. The van der Waals surface area contributed by atoms with Crippen molar-refractivity contribution in [1.29, 1.82) is 0 Å². The summed E-state index contributed by atoms with van der Waals surface area (Å²) in [6, 6.07) is 0.593. The summed E-state index contributed by atoms with van der Waals surface area (Å²) in [6.45, 7) is 6.17. The summed E-state index contributed by atoms with van der Waals surface area (Å²) in [5, 5.41) is 3.28. The number of rotatable bonds is 6. The molecule has 1 saturated carbocycles. The summed E-state index contributed by atoms with van der Waals surface area (Å²) >= 11 is 0. The highest BCUT2D eigenvalue weighted by atomic mass is 15.3. The molecule has 1 aliphatic rings. The molecule has 0 amide bonds. The van der Waals surface area contributed by atoms with Crippen LogP contribution in [-0.4, -0.2) is 39.1 Å². The molecule has 0 spiro atoms. The van der Waals surface area contributed by atoms with Gasteiger partial charge in [0.05, 0.1) is 6.33 Å². The van der Waals surface area contributed by atoms with Crippen LogP contribution in [0.5, 0.6) is 0 Å². The van der Waals surface area contributed by atoms with Crippen LogP contribution in [0.4, 0.5) is 11.8 Å². The van der Waals surface area contributed by atoms with Gasteiger partial charge in [-0.1, -0.05) is 19.8 Å². The van der Waals surface area contributed by atoms with Crippen LogP contribution >= 0.6 is 0 Å². The lowest BCUT2D eigenvalue weighted by molar-refractivity contribution is 0.614. The fourth-order valence-corrected chi connectivity index (χ4v) is 3.14. The Morgan fingerprint density at radius 1 is 1.29 bits per heavy atom. The summed E-state index contributed by atoms with van der Waals surface area (Å²) in [4.78, 5) is 19.2. The van der Waals surface area contributed by atoms with Crippen molar-refractivity contribution in [1.82, 2.24) is 19.9 Å². The van der Waals surface area contributed by atoms with E-state index < -0.39 is 0 Å². The molecule has 0 unspecified atom stereocenters. The van der Waals surface area contributed by atoms with Crippen molar-refractivity contribution < 1.29 is 0 Å². The van der Waals surface area contributed by atoms with Crippen LogP contribution in [-0.2, 0) is 0 Å². The van der Waals surface area contributed by atoms with E-state index in [1.54, 1.807) is 6.33 Å². The molecule has 2 aromatic heterocycles. The maximum atomic E-state index is 4.76. The third-order valence-corrected chi connectivity index (χ3v) is 4.18. The second kappa shape index (κ2) is 6.28. The first kappa shape index (κ1) is 14.1. The first-order valence-corrected chi connectivity index (χ1v) is 8.05. The molecular formula is C15H24N6. The van der Waals surface area contributed by atoms with E-state index in [0.717, 1.165) is 36.5 Å². The van der Waals surface area contributed by atoms with Gasteiger partial charge in [0, 0.05) is 19.1 Å². The first-order chi connectivity index (χ1) is 10.3. The molecule has 6 heteroatoms. The van der Waals surface area contributed by atoms with Gasteiger partial charge in [-0.3, -0.25) is 0 Å². The first-order valence-electron chi connectivity index (χ1n) is 8.05. The fourth-order valence-electron chi connectivity index (χ4n) is 3.14. The van der Waals surface area contributed by atoms with Gasteiger partial charge < -0.3 is 15.2 Å². The highest BCUT2D eigenvalue weighted by Gasteiger charge is 2.25. The van der Waals surface area contributed by atoms with E-state index in [1.807, 2.05) is 0 Å². The summed E-state index contributed by atoms with van der Waals surface area (Å²) in [5.41, 5.74) is 1.70. The molecule has 2 heterocycles. The predicted molar refractivity (Wildman–Crippen MR) is 85.7 cm³/mol. The number of nitrogens with one attached hydrogen (secondary N) is 2. The van der Waals surface area contributed by atoms with Gasteiger partial charge in [-0.25, -0.2) is 4.98 Å². The second-order valence-electron chi connectivity index (χ2n) is 5.62. The highest BCUT2D eigenvalue weighted by molar-refractivity contribution is 5.84. The summed E-state index contributed by atoms with van der Waals surface area (Å²) < 4.78 is 0. The fraction of sp³-hybridized carbons (Fsp3) is 0.667. The number of nitrogens with zero attached hydrogens (tertiary/aromatic N) is 4. The van der Waals surface area contributed by atoms with Gasteiger partial charge in [-0.05, 0) is 26.2 Å². The summed E-state index contributed by atoms with van der Waals surface area (Å²) in [6.07, 6.45) is 7.90. The van der Waals surface area contributed by atoms with Gasteiger partial charge in [-0.15, -0.1) is 0 Å². The van der Waals surface area contributed by atoms with E-state index in [1.165, 1.54) is 25.7 Å². The Bertz CT molecular complexity index is 587. The van der Waals surface area contributed by atoms with E-state index in [0.29, 0.717) is 12.0 Å². The van der Waals surface area contributed by atoms with Crippen LogP contribution in [0.2, 0.25) is 0 Å². The number of aromatic amines is 1. The van der Waals surface area contributed by atoms with Gasteiger partial charge in [0.25, 0.3) is 0 Å².